The summed E-state index contributed by atoms with van der Waals surface area (Å²) in [5, 5.41) is 8.63. The molecular weight excluding hydrogens is 462 g/mol. The van der Waals surface area contributed by atoms with E-state index in [0.29, 0.717) is 6.42 Å². The van der Waals surface area contributed by atoms with E-state index in [1.54, 1.807) is 0 Å². The molecule has 0 bridgehead atoms. The minimum Gasteiger partial charge on any atom is -1.00 e. The van der Waals surface area contributed by atoms with E-state index < -0.39 is 5.97 Å². The molecule has 0 spiro atoms. The topological polar surface area (TPSA) is 37.3 Å². The zero-order valence-corrected chi connectivity index (χ0v) is 23.7. The number of carboxylic acids is 1. The van der Waals surface area contributed by atoms with Crippen molar-refractivity contribution in [2.45, 2.75) is 148 Å². The van der Waals surface area contributed by atoms with Gasteiger partial charge in [0, 0.05) is 6.42 Å². The summed E-state index contributed by atoms with van der Waals surface area (Å²) < 4.78 is 1.19. The molecule has 1 N–H and O–H groups in total. The number of carbonyl (C=O) groups is 1. The van der Waals surface area contributed by atoms with Crippen LogP contribution in [0.2, 0.25) is 0 Å². The first kappa shape index (κ1) is 34.1. The van der Waals surface area contributed by atoms with Gasteiger partial charge in [-0.05, 0) is 32.1 Å². The van der Waals surface area contributed by atoms with Gasteiger partial charge in [0.1, 0.15) is 0 Å². The molecule has 0 unspecified atom stereocenters. The van der Waals surface area contributed by atoms with Crippen molar-refractivity contribution in [3.63, 3.8) is 0 Å². The van der Waals surface area contributed by atoms with Crippen LogP contribution in [0, 0.1) is 0 Å². The van der Waals surface area contributed by atoms with E-state index in [1.807, 2.05) is 0 Å². The van der Waals surface area contributed by atoms with Crippen LogP contribution in [0.5, 0.6) is 0 Å². The summed E-state index contributed by atoms with van der Waals surface area (Å²) in [5.74, 6) is -0.653. The van der Waals surface area contributed by atoms with E-state index in [-0.39, 0.29) is 17.0 Å². The van der Waals surface area contributed by atoms with Gasteiger partial charge in [-0.3, -0.25) is 4.79 Å². The molecule has 0 rings (SSSR count). The Bertz CT molecular complexity index is 388. The maximum Gasteiger partial charge on any atom is 0.303 e. The van der Waals surface area contributed by atoms with Crippen molar-refractivity contribution in [2.24, 2.45) is 0 Å². The minimum atomic E-state index is -0.653. The van der Waals surface area contributed by atoms with Crippen LogP contribution in [0.25, 0.3) is 0 Å². The minimum absolute atomic E-state index is 0. The Morgan fingerprint density at radius 2 is 0.812 bits per heavy atom. The van der Waals surface area contributed by atoms with Gasteiger partial charge in [-0.1, -0.05) is 110 Å². The van der Waals surface area contributed by atoms with Crippen LogP contribution in [0.3, 0.4) is 0 Å². The van der Waals surface area contributed by atoms with E-state index in [4.69, 9.17) is 5.11 Å². The third kappa shape index (κ3) is 27.9. The van der Waals surface area contributed by atoms with Crippen molar-refractivity contribution in [1.29, 1.82) is 0 Å². The van der Waals surface area contributed by atoms with Crippen LogP contribution >= 0.6 is 0 Å². The number of rotatable bonds is 25. The molecule has 0 saturated carbocycles. The Balaban J connectivity index is 0. The number of hydrogen-bond donors (Lipinski definition) is 1. The number of hydrogen-bond acceptors (Lipinski definition) is 1. The van der Waals surface area contributed by atoms with Crippen molar-refractivity contribution in [3.05, 3.63) is 0 Å². The molecule has 0 aliphatic heterocycles. The Labute approximate surface area is 212 Å². The second-order valence-electron chi connectivity index (χ2n) is 10.6. The molecule has 0 heterocycles. The molecule has 0 aliphatic rings. The Kier molecular flexibility index (Phi) is 27.2. The van der Waals surface area contributed by atoms with Gasteiger partial charge in [0.25, 0.3) is 0 Å². The maximum absolute atomic E-state index is 10.5. The lowest BCUT2D eigenvalue weighted by Gasteiger charge is -2.30. The molecule has 0 amide bonds. The average Bonchev–Trinajstić information content (AvgIpc) is 2.72. The highest BCUT2D eigenvalue weighted by atomic mass is 79.9. The Hall–Kier alpha value is -0.0900. The zero-order valence-electron chi connectivity index (χ0n) is 22.2. The third-order valence-electron chi connectivity index (χ3n) is 6.77. The van der Waals surface area contributed by atoms with Gasteiger partial charge >= 0.3 is 5.97 Å². The van der Waals surface area contributed by atoms with E-state index in [0.717, 1.165) is 12.8 Å². The molecule has 4 heteroatoms. The van der Waals surface area contributed by atoms with Crippen molar-refractivity contribution in [1.82, 2.24) is 0 Å². The van der Waals surface area contributed by atoms with Crippen molar-refractivity contribution in [2.75, 3.05) is 27.2 Å². The smallest absolute Gasteiger partial charge is 0.303 e. The molecular formula is C28H58BrNO2. The number of quaternary nitrogens is 1. The van der Waals surface area contributed by atoms with Gasteiger partial charge in [-0.25, -0.2) is 0 Å². The van der Waals surface area contributed by atoms with E-state index in [9.17, 15) is 4.79 Å². The molecule has 32 heavy (non-hydrogen) atoms. The largest absolute Gasteiger partial charge is 1.00 e. The van der Waals surface area contributed by atoms with Gasteiger partial charge in [-0.2, -0.15) is 0 Å². The SMILES string of the molecule is CCCCCCCCCCCCCCC[N+](C)(C)CCCCCCCCCCC(=O)O.[Br-]. The van der Waals surface area contributed by atoms with Crippen LogP contribution in [-0.4, -0.2) is 42.7 Å². The Morgan fingerprint density at radius 1 is 0.531 bits per heavy atom. The summed E-state index contributed by atoms with van der Waals surface area (Å²) in [6, 6.07) is 0. The summed E-state index contributed by atoms with van der Waals surface area (Å²) >= 11 is 0. The molecule has 0 aromatic carbocycles. The molecule has 0 atom stereocenters. The number of aliphatic carboxylic acids is 1. The molecule has 0 radical (unpaired) electrons. The van der Waals surface area contributed by atoms with E-state index in [2.05, 4.69) is 21.0 Å². The standard InChI is InChI=1S/C28H57NO2.BrH/c1-4-5-6-7-8-9-10-11-12-14-17-20-23-26-29(2,3)27-24-21-18-15-13-16-19-22-25-28(30)31;/h4-27H2,1-3H3;1H. The molecule has 0 aromatic heterocycles. The predicted octanol–water partition coefficient (Wildman–Crippen LogP) is 5.75. The zero-order chi connectivity index (χ0) is 23.0. The fraction of sp³-hybridized carbons (Fsp3) is 0.964. The molecule has 0 aromatic rings. The van der Waals surface area contributed by atoms with E-state index in [1.165, 1.54) is 140 Å². The lowest BCUT2D eigenvalue weighted by Crippen LogP contribution is -3.00. The lowest BCUT2D eigenvalue weighted by atomic mass is 10.0. The third-order valence-corrected chi connectivity index (χ3v) is 6.77. The van der Waals surface area contributed by atoms with Gasteiger partial charge < -0.3 is 26.6 Å². The maximum atomic E-state index is 10.5. The molecule has 0 saturated heterocycles. The monoisotopic (exact) mass is 519 g/mol. The quantitative estimate of drug-likeness (QED) is 0.123. The van der Waals surface area contributed by atoms with Crippen LogP contribution in [-0.2, 0) is 4.79 Å². The van der Waals surface area contributed by atoms with Crippen LogP contribution in [0.4, 0.5) is 0 Å². The number of nitrogens with zero attached hydrogens (tertiary/aromatic N) is 1. The van der Waals surface area contributed by atoms with Crippen LogP contribution < -0.4 is 17.0 Å². The molecule has 194 valence electrons. The van der Waals surface area contributed by atoms with E-state index >= 15 is 0 Å². The summed E-state index contributed by atoms with van der Waals surface area (Å²) in [6.45, 7) is 4.94. The van der Waals surface area contributed by atoms with Crippen molar-refractivity contribution >= 4 is 5.97 Å². The van der Waals surface area contributed by atoms with Gasteiger partial charge in [-0.15, -0.1) is 0 Å². The fourth-order valence-corrected chi connectivity index (χ4v) is 4.55. The summed E-state index contributed by atoms with van der Waals surface area (Å²) in [7, 11) is 4.81. The van der Waals surface area contributed by atoms with Crippen LogP contribution in [0.15, 0.2) is 0 Å². The summed E-state index contributed by atoms with van der Waals surface area (Å²) in [4.78, 5) is 10.5. The second kappa shape index (κ2) is 25.5. The van der Waals surface area contributed by atoms with Gasteiger partial charge in [0.2, 0.25) is 0 Å². The number of unbranched alkanes of at least 4 members (excludes halogenated alkanes) is 19. The second-order valence-corrected chi connectivity index (χ2v) is 10.6. The number of halogens is 1. The van der Waals surface area contributed by atoms with Crippen molar-refractivity contribution in [3.8, 4) is 0 Å². The summed E-state index contributed by atoms with van der Waals surface area (Å²) in [6.07, 6.45) is 28.8. The number of carboxylic acid groups (broad SMARTS) is 1. The lowest BCUT2D eigenvalue weighted by molar-refractivity contribution is -0.890. The van der Waals surface area contributed by atoms with Crippen LogP contribution in [0.1, 0.15) is 148 Å². The van der Waals surface area contributed by atoms with Crippen molar-refractivity contribution < 1.29 is 31.4 Å². The predicted molar refractivity (Wildman–Crippen MR) is 137 cm³/mol. The normalized spacial score (nSPS) is 11.5. The van der Waals surface area contributed by atoms with Gasteiger partial charge in [0.05, 0.1) is 27.2 Å². The highest BCUT2D eigenvalue weighted by Gasteiger charge is 2.13. The average molecular weight is 521 g/mol. The highest BCUT2D eigenvalue weighted by Crippen LogP contribution is 2.14. The molecule has 3 nitrogen and oxygen atoms in total. The summed E-state index contributed by atoms with van der Waals surface area (Å²) in [5.41, 5.74) is 0. The van der Waals surface area contributed by atoms with Gasteiger partial charge in [0.15, 0.2) is 0 Å². The fourth-order valence-electron chi connectivity index (χ4n) is 4.55. The highest BCUT2D eigenvalue weighted by molar-refractivity contribution is 5.66. The first-order chi connectivity index (χ1) is 15.0. The Morgan fingerprint density at radius 3 is 1.12 bits per heavy atom. The first-order valence-electron chi connectivity index (χ1n) is 14.0. The first-order valence-corrected chi connectivity index (χ1v) is 14.0. The molecule has 0 fully saturated rings. The molecule has 0 aliphatic carbocycles.